The summed E-state index contributed by atoms with van der Waals surface area (Å²) in [7, 11) is -3.40. The number of nitrogens with one attached hydrogen (secondary N) is 1. The lowest BCUT2D eigenvalue weighted by Crippen LogP contribution is -2.42. The van der Waals surface area contributed by atoms with Crippen LogP contribution in [0.15, 0.2) is 24.3 Å². The van der Waals surface area contributed by atoms with Crippen molar-refractivity contribution in [2.45, 2.75) is 18.9 Å². The molecule has 2 amide bonds. The van der Waals surface area contributed by atoms with E-state index in [1.54, 1.807) is 12.1 Å². The molecular weight excluding hydrogens is 294 g/mol. The van der Waals surface area contributed by atoms with E-state index in [2.05, 4.69) is 5.32 Å². The number of anilines is 1. The van der Waals surface area contributed by atoms with E-state index >= 15 is 0 Å². The van der Waals surface area contributed by atoms with Gasteiger partial charge in [-0.3, -0.25) is 9.59 Å². The molecule has 0 saturated carbocycles. The summed E-state index contributed by atoms with van der Waals surface area (Å²) in [6, 6.07) is 5.42. The molecule has 1 aromatic rings. The Balaban J connectivity index is 2.09. The highest BCUT2D eigenvalue weighted by molar-refractivity contribution is 7.88. The maximum atomic E-state index is 12.2. The molecular formula is C13H17N3O4S. The zero-order valence-corrected chi connectivity index (χ0v) is 12.4. The molecule has 7 nitrogen and oxygen atoms in total. The number of sulfonamides is 1. The monoisotopic (exact) mass is 311 g/mol. The molecule has 1 atom stereocenters. The Hall–Kier alpha value is -1.93. The summed E-state index contributed by atoms with van der Waals surface area (Å²) >= 11 is 0. The number of primary amides is 1. The van der Waals surface area contributed by atoms with Crippen molar-refractivity contribution in [2.75, 3.05) is 18.1 Å². The molecule has 8 heteroatoms. The normalized spacial score (nSPS) is 19.4. The first-order valence-corrected chi connectivity index (χ1v) is 8.31. The van der Waals surface area contributed by atoms with Gasteiger partial charge in [-0.2, -0.15) is 4.31 Å². The van der Waals surface area contributed by atoms with Crippen LogP contribution in [0.5, 0.6) is 0 Å². The Morgan fingerprint density at radius 1 is 1.29 bits per heavy atom. The van der Waals surface area contributed by atoms with Gasteiger partial charge in [0.2, 0.25) is 21.8 Å². The first-order chi connectivity index (χ1) is 9.79. The fraction of sp³-hybridized carbons (Fsp3) is 0.385. The minimum absolute atomic E-state index is 0.339. The Morgan fingerprint density at radius 2 is 1.90 bits per heavy atom. The summed E-state index contributed by atoms with van der Waals surface area (Å²) in [5.41, 5.74) is 5.96. The zero-order chi connectivity index (χ0) is 15.6. The molecule has 3 N–H and O–H groups in total. The molecule has 1 heterocycles. The minimum atomic E-state index is -3.40. The highest BCUT2D eigenvalue weighted by atomic mass is 32.2. The van der Waals surface area contributed by atoms with Gasteiger partial charge in [0, 0.05) is 17.8 Å². The minimum Gasteiger partial charge on any atom is -0.366 e. The summed E-state index contributed by atoms with van der Waals surface area (Å²) in [5.74, 6) is -0.920. The van der Waals surface area contributed by atoms with Crippen LogP contribution in [0, 0.1) is 0 Å². The lowest BCUT2D eigenvalue weighted by Gasteiger charge is -2.21. The van der Waals surface area contributed by atoms with Crippen LogP contribution in [0.2, 0.25) is 0 Å². The standard InChI is InChI=1S/C13H17N3O4S/c1-21(19,20)16-8-2-3-11(16)13(18)15-10-6-4-9(5-7-10)12(14)17/h4-7,11H,2-3,8H2,1H3,(H2,14,17)(H,15,18)/t11-/m1/s1. The van der Waals surface area contributed by atoms with Crippen molar-refractivity contribution in [3.63, 3.8) is 0 Å². The average molecular weight is 311 g/mol. The van der Waals surface area contributed by atoms with E-state index in [-0.39, 0.29) is 5.91 Å². The van der Waals surface area contributed by atoms with Crippen molar-refractivity contribution in [1.29, 1.82) is 0 Å². The van der Waals surface area contributed by atoms with E-state index in [1.807, 2.05) is 0 Å². The van der Waals surface area contributed by atoms with Crippen LogP contribution in [0.1, 0.15) is 23.2 Å². The second-order valence-corrected chi connectivity index (χ2v) is 6.90. The first-order valence-electron chi connectivity index (χ1n) is 6.46. The van der Waals surface area contributed by atoms with Gasteiger partial charge >= 0.3 is 0 Å². The molecule has 114 valence electrons. The Bertz CT molecular complexity index is 654. The van der Waals surface area contributed by atoms with Gasteiger partial charge in [-0.05, 0) is 37.1 Å². The number of nitrogens with two attached hydrogens (primary N) is 1. The number of amides is 2. The van der Waals surface area contributed by atoms with Gasteiger partial charge in [0.25, 0.3) is 0 Å². The Labute approximate surface area is 123 Å². The number of hydrogen-bond donors (Lipinski definition) is 2. The van der Waals surface area contributed by atoms with Gasteiger partial charge in [0.1, 0.15) is 6.04 Å². The van der Waals surface area contributed by atoms with Crippen molar-refractivity contribution < 1.29 is 18.0 Å². The summed E-state index contributed by atoms with van der Waals surface area (Å²) in [6.45, 7) is 0.359. The molecule has 1 fully saturated rings. The topological polar surface area (TPSA) is 110 Å². The molecule has 1 aliphatic heterocycles. The van der Waals surface area contributed by atoms with Gasteiger partial charge < -0.3 is 11.1 Å². The summed E-state index contributed by atoms with van der Waals surface area (Å²) in [6.07, 6.45) is 2.25. The molecule has 0 spiro atoms. The third-order valence-electron chi connectivity index (χ3n) is 3.37. The SMILES string of the molecule is CS(=O)(=O)N1CCC[C@@H]1C(=O)Nc1ccc(C(N)=O)cc1. The van der Waals surface area contributed by atoms with Gasteiger partial charge in [0.05, 0.1) is 6.26 Å². The van der Waals surface area contributed by atoms with E-state index in [0.717, 1.165) is 6.26 Å². The highest BCUT2D eigenvalue weighted by Crippen LogP contribution is 2.22. The lowest BCUT2D eigenvalue weighted by molar-refractivity contribution is -0.119. The molecule has 0 radical (unpaired) electrons. The van der Waals surface area contributed by atoms with E-state index in [9.17, 15) is 18.0 Å². The molecule has 21 heavy (non-hydrogen) atoms. The quantitative estimate of drug-likeness (QED) is 0.824. The van der Waals surface area contributed by atoms with Crippen molar-refractivity contribution in [3.8, 4) is 0 Å². The van der Waals surface area contributed by atoms with E-state index in [4.69, 9.17) is 5.73 Å². The number of benzene rings is 1. The predicted molar refractivity (Wildman–Crippen MR) is 78.2 cm³/mol. The highest BCUT2D eigenvalue weighted by Gasteiger charge is 2.36. The number of nitrogens with zero attached hydrogens (tertiary/aromatic N) is 1. The van der Waals surface area contributed by atoms with Crippen molar-refractivity contribution in [3.05, 3.63) is 29.8 Å². The van der Waals surface area contributed by atoms with E-state index in [0.29, 0.717) is 30.6 Å². The molecule has 0 bridgehead atoms. The number of rotatable bonds is 4. The van der Waals surface area contributed by atoms with Crippen molar-refractivity contribution in [2.24, 2.45) is 5.73 Å². The number of hydrogen-bond acceptors (Lipinski definition) is 4. The van der Waals surface area contributed by atoms with Gasteiger partial charge in [-0.1, -0.05) is 0 Å². The van der Waals surface area contributed by atoms with Gasteiger partial charge in [-0.15, -0.1) is 0 Å². The molecule has 1 aliphatic rings. The smallest absolute Gasteiger partial charge is 0.248 e. The van der Waals surface area contributed by atoms with Crippen LogP contribution < -0.4 is 11.1 Å². The maximum Gasteiger partial charge on any atom is 0.248 e. The van der Waals surface area contributed by atoms with E-state index in [1.165, 1.54) is 16.4 Å². The summed E-state index contributed by atoms with van der Waals surface area (Å²) < 4.78 is 24.4. The fourth-order valence-electron chi connectivity index (χ4n) is 2.34. The molecule has 1 saturated heterocycles. The average Bonchev–Trinajstić information content (AvgIpc) is 2.88. The molecule has 2 rings (SSSR count). The van der Waals surface area contributed by atoms with Crippen LogP contribution in [-0.4, -0.2) is 43.4 Å². The lowest BCUT2D eigenvalue weighted by atomic mass is 10.2. The predicted octanol–water partition coefficient (Wildman–Crippen LogP) is 0.148. The number of carbonyl (C=O) groups is 2. The molecule has 0 aliphatic carbocycles. The van der Waals surface area contributed by atoms with Crippen molar-refractivity contribution in [1.82, 2.24) is 4.31 Å². The first kappa shape index (κ1) is 15.5. The van der Waals surface area contributed by atoms with Crippen LogP contribution in [0.4, 0.5) is 5.69 Å². The Morgan fingerprint density at radius 3 is 2.43 bits per heavy atom. The third kappa shape index (κ3) is 3.59. The van der Waals surface area contributed by atoms with Crippen LogP contribution in [0.3, 0.4) is 0 Å². The van der Waals surface area contributed by atoms with Crippen LogP contribution in [-0.2, 0) is 14.8 Å². The largest absolute Gasteiger partial charge is 0.366 e. The Kier molecular flexibility index (Phi) is 4.29. The second kappa shape index (κ2) is 5.82. The second-order valence-electron chi connectivity index (χ2n) is 4.96. The van der Waals surface area contributed by atoms with Crippen molar-refractivity contribution >= 4 is 27.5 Å². The van der Waals surface area contributed by atoms with Gasteiger partial charge in [0.15, 0.2) is 0 Å². The van der Waals surface area contributed by atoms with Crippen LogP contribution in [0.25, 0.3) is 0 Å². The summed E-state index contributed by atoms with van der Waals surface area (Å²) in [5, 5.41) is 2.65. The third-order valence-corrected chi connectivity index (χ3v) is 4.66. The fourth-order valence-corrected chi connectivity index (χ4v) is 3.47. The summed E-state index contributed by atoms with van der Waals surface area (Å²) in [4.78, 5) is 23.1. The molecule has 0 aromatic heterocycles. The van der Waals surface area contributed by atoms with Gasteiger partial charge in [-0.25, -0.2) is 8.42 Å². The zero-order valence-electron chi connectivity index (χ0n) is 11.6. The molecule has 1 aromatic carbocycles. The number of carbonyl (C=O) groups excluding carboxylic acids is 2. The maximum absolute atomic E-state index is 12.2. The van der Waals surface area contributed by atoms with Crippen LogP contribution >= 0.6 is 0 Å². The molecule has 0 unspecified atom stereocenters. The van der Waals surface area contributed by atoms with E-state index < -0.39 is 22.0 Å².